The minimum Gasteiger partial charge on any atom is -0.489 e. The van der Waals surface area contributed by atoms with Gasteiger partial charge in [0.2, 0.25) is 0 Å². The third-order valence-electron chi connectivity index (χ3n) is 2.81. The summed E-state index contributed by atoms with van der Waals surface area (Å²) in [5.74, 6) is 0.354. The summed E-state index contributed by atoms with van der Waals surface area (Å²) in [4.78, 5) is 15.8. The van der Waals surface area contributed by atoms with E-state index in [-0.39, 0.29) is 0 Å². The Kier molecular flexibility index (Phi) is 4.96. The second kappa shape index (κ2) is 6.85. The van der Waals surface area contributed by atoms with Crippen LogP contribution in [0.5, 0.6) is 0 Å². The Bertz CT molecular complexity index is 676. The number of benzene rings is 2. The van der Waals surface area contributed by atoms with Crippen LogP contribution >= 0.6 is 0 Å². The van der Waals surface area contributed by atoms with Crippen molar-refractivity contribution in [3.63, 3.8) is 0 Å². The van der Waals surface area contributed by atoms with Crippen LogP contribution in [-0.2, 0) is 9.63 Å². The summed E-state index contributed by atoms with van der Waals surface area (Å²) in [7, 11) is 0. The Morgan fingerprint density at radius 1 is 1.09 bits per heavy atom. The van der Waals surface area contributed by atoms with Crippen molar-refractivity contribution >= 4 is 34.9 Å². The maximum absolute atomic E-state index is 10.4. The van der Waals surface area contributed by atoms with Crippen molar-refractivity contribution in [3.8, 4) is 0 Å². The molecule has 7 heteroatoms. The molecule has 120 valence electrons. The van der Waals surface area contributed by atoms with Crippen LogP contribution in [-0.4, -0.2) is 6.41 Å². The second-order valence-electron chi connectivity index (χ2n) is 4.24. The monoisotopic (exact) mass is 540 g/mol. The molecule has 0 heterocycles. The Balaban J connectivity index is 0.00000242. The molecule has 6 nitrogen and oxygen atoms in total. The fourth-order valence-electron chi connectivity index (χ4n) is 1.66. The van der Waals surface area contributed by atoms with Crippen molar-refractivity contribution in [3.05, 3.63) is 54.6 Å². The van der Waals surface area contributed by atoms with Crippen LogP contribution in [0.3, 0.4) is 0 Å². The molecule has 1 amide bonds. The van der Waals surface area contributed by atoms with Gasteiger partial charge < -0.3 is 26.4 Å². The van der Waals surface area contributed by atoms with Crippen molar-refractivity contribution in [2.45, 2.75) is 0 Å². The summed E-state index contributed by atoms with van der Waals surface area (Å²) in [5.41, 5.74) is 16.9. The molecular formula is C15H15FmN4O2-. The third-order valence-corrected chi connectivity index (χ3v) is 2.81. The number of para-hydroxylation sites is 2. The summed E-state index contributed by atoms with van der Waals surface area (Å²) < 4.78 is 0. The van der Waals surface area contributed by atoms with Crippen LogP contribution in [0, 0.1) is 0 Å². The molecule has 0 spiro atoms. The van der Waals surface area contributed by atoms with Gasteiger partial charge in [0.15, 0.2) is 5.76 Å². The molecule has 2 aromatic carbocycles. The Labute approximate surface area is 122 Å². The van der Waals surface area contributed by atoms with Gasteiger partial charge in [0.1, 0.15) is 0 Å². The molecule has 0 aliphatic carbocycles. The third kappa shape index (κ3) is 3.45. The molecule has 0 saturated carbocycles. The van der Waals surface area contributed by atoms with Crippen LogP contribution in [0.25, 0.3) is 5.76 Å². The van der Waals surface area contributed by atoms with E-state index in [9.17, 15) is 4.79 Å². The zero-order chi connectivity index (χ0) is 15.2. The van der Waals surface area contributed by atoms with E-state index in [2.05, 4.69) is 17.4 Å². The van der Waals surface area contributed by atoms with Crippen LogP contribution in [0.4, 0.5) is 22.7 Å². The standard InChI is InChI=1S/C15H15N4O2.Fm/c1-10(21-19-14-5-3-2-4-12(14)16)11-6-7-13(17)15(8-11)18-9-20;/h2-8,19H,1,16-17H2,(H,18,20);/q-1;. The molecule has 0 atom stereocenters. The molecule has 2 rings (SSSR count). The first-order chi connectivity index (χ1) is 10.1. The number of hydrogen-bond donors (Lipinski definition) is 4. The number of nitrogens with two attached hydrogens (primary N) is 2. The van der Waals surface area contributed by atoms with Crippen molar-refractivity contribution < 1.29 is 9.63 Å². The summed E-state index contributed by atoms with van der Waals surface area (Å²) in [5, 5.41) is 2.39. The molecule has 0 aromatic heterocycles. The van der Waals surface area contributed by atoms with Gasteiger partial charge in [-0.2, -0.15) is 0 Å². The fraction of sp³-hybridized carbons (Fsp3) is 0. The molecule has 2 aromatic rings. The van der Waals surface area contributed by atoms with E-state index in [1.807, 2.05) is 12.1 Å². The SMILES string of the molecule is C=C(ONc1ccccc1N)c1ccc(N)c(N[C-]=O)c1.[Fm]. The van der Waals surface area contributed by atoms with E-state index in [1.165, 1.54) is 0 Å². The van der Waals surface area contributed by atoms with Gasteiger partial charge in [0, 0.05) is 5.56 Å². The maximum atomic E-state index is 10.4. The molecule has 0 bridgehead atoms. The molecule has 0 saturated heterocycles. The van der Waals surface area contributed by atoms with Crippen molar-refractivity contribution in [1.29, 1.82) is 0 Å². The van der Waals surface area contributed by atoms with E-state index >= 15 is 0 Å². The van der Waals surface area contributed by atoms with E-state index in [4.69, 9.17) is 16.3 Å². The predicted octanol–water partition coefficient (Wildman–Crippen LogP) is 2.34. The van der Waals surface area contributed by atoms with Gasteiger partial charge in [-0.15, -0.1) is 6.07 Å². The summed E-state index contributed by atoms with van der Waals surface area (Å²) in [6, 6.07) is 12.2. The van der Waals surface area contributed by atoms with Crippen molar-refractivity contribution in [2.75, 3.05) is 22.3 Å². The first kappa shape index (κ1) is 15.9. The van der Waals surface area contributed by atoms with Crippen LogP contribution in [0.2, 0.25) is 0 Å². The number of rotatable bonds is 6. The molecule has 0 aliphatic rings. The Morgan fingerprint density at radius 2 is 1.77 bits per heavy atom. The molecular weight excluding hydrogens is 525 g/mol. The predicted molar refractivity (Wildman–Crippen MR) is 84.8 cm³/mol. The van der Waals surface area contributed by atoms with Gasteiger partial charge in [-0.3, -0.25) is 0 Å². The number of anilines is 4. The summed E-state index contributed by atoms with van der Waals surface area (Å²) >= 11 is 0. The van der Waals surface area contributed by atoms with Crippen LogP contribution < -0.4 is 22.3 Å². The van der Waals surface area contributed by atoms with Crippen LogP contribution in [0.1, 0.15) is 5.56 Å². The minimum absolute atomic E-state index is 0. The quantitative estimate of drug-likeness (QED) is 0.148. The molecule has 0 aliphatic heterocycles. The van der Waals surface area contributed by atoms with E-state index in [1.54, 1.807) is 36.7 Å². The van der Waals surface area contributed by atoms with E-state index < -0.39 is 0 Å². The topological polar surface area (TPSA) is 102 Å². The molecule has 0 radical (unpaired) electrons. The number of nitrogens with one attached hydrogen (secondary N) is 2. The van der Waals surface area contributed by atoms with Gasteiger partial charge in [0.25, 0.3) is 0 Å². The number of amides is 1. The first-order valence-electron chi connectivity index (χ1n) is 6.11. The van der Waals surface area contributed by atoms with E-state index in [0.717, 1.165) is 0 Å². The van der Waals surface area contributed by atoms with Gasteiger partial charge in [0.05, 0.1) is 17.8 Å². The van der Waals surface area contributed by atoms with Gasteiger partial charge in [-0.25, -0.2) is 5.48 Å². The number of hydrogen-bond acceptors (Lipinski definition) is 5. The zero-order valence-corrected chi connectivity index (χ0v) is 13.9. The molecule has 0 unspecified atom stereocenters. The summed E-state index contributed by atoms with van der Waals surface area (Å²) in [6.45, 7) is 3.81. The first-order valence-corrected chi connectivity index (χ1v) is 6.11. The van der Waals surface area contributed by atoms with Gasteiger partial charge in [-0.1, -0.05) is 36.5 Å². The second-order valence-corrected chi connectivity index (χ2v) is 4.24. The average molecular weight is 540 g/mol. The largest absolute Gasteiger partial charge is 0.489 e. The number of carbonyl (C=O) groups excluding carboxylic acids is 1. The minimum atomic E-state index is 0. The summed E-state index contributed by atoms with van der Waals surface area (Å²) in [6.07, 6.45) is 1.57. The van der Waals surface area contributed by atoms with Crippen LogP contribution in [0.15, 0.2) is 49.0 Å². The normalized spacial score (nSPS) is 9.27. The molecule has 0 fully saturated rings. The van der Waals surface area contributed by atoms with Crippen molar-refractivity contribution in [2.24, 2.45) is 0 Å². The Hall–Kier alpha value is -4.15. The Morgan fingerprint density at radius 3 is 2.45 bits per heavy atom. The molecule has 6 N–H and O–H groups in total. The van der Waals surface area contributed by atoms with Crippen molar-refractivity contribution in [1.82, 2.24) is 0 Å². The van der Waals surface area contributed by atoms with Gasteiger partial charge >= 0.3 is 0 Å². The maximum Gasteiger partial charge on any atom is 0.153 e. The smallest absolute Gasteiger partial charge is 0.153 e. The zero-order valence-electron chi connectivity index (χ0n) is 11.5. The number of nitrogen functional groups attached to an aromatic ring is 2. The average Bonchev–Trinajstić information content (AvgIpc) is 2.48. The van der Waals surface area contributed by atoms with Gasteiger partial charge in [-0.05, 0) is 17.8 Å². The fourth-order valence-corrected chi connectivity index (χ4v) is 1.66. The molecule has 22 heavy (non-hydrogen) atoms. The van der Waals surface area contributed by atoms with E-state index in [0.29, 0.717) is 34.1 Å².